The van der Waals surface area contributed by atoms with Crippen LogP contribution in [0.1, 0.15) is 27.2 Å². The number of halogens is 2. The van der Waals surface area contributed by atoms with Crippen LogP contribution in [0.25, 0.3) is 21.2 Å². The number of rotatable bonds is 3. The van der Waals surface area contributed by atoms with Gasteiger partial charge < -0.3 is 9.32 Å². The maximum absolute atomic E-state index is 15.0. The van der Waals surface area contributed by atoms with Crippen molar-refractivity contribution in [3.63, 3.8) is 0 Å². The molecule has 0 saturated heterocycles. The molecule has 4 heterocycles. The van der Waals surface area contributed by atoms with Gasteiger partial charge in [0.15, 0.2) is 16.1 Å². The lowest BCUT2D eigenvalue weighted by Gasteiger charge is -2.32. The van der Waals surface area contributed by atoms with Gasteiger partial charge in [-0.1, -0.05) is 83.1 Å². The molecule has 0 N–H and O–H groups in total. The summed E-state index contributed by atoms with van der Waals surface area (Å²) in [5.74, 6) is -1.28. The van der Waals surface area contributed by atoms with Crippen molar-refractivity contribution < 1.29 is 14.0 Å². The Morgan fingerprint density at radius 2 is 1.60 bits per heavy atom. The highest BCUT2D eigenvalue weighted by Crippen LogP contribution is 2.55. The summed E-state index contributed by atoms with van der Waals surface area (Å²) in [6.07, 6.45) is 0. The average molecular weight is 610 g/mol. The van der Waals surface area contributed by atoms with Crippen LogP contribution in [-0.4, -0.2) is 16.8 Å². The highest BCUT2D eigenvalue weighted by Gasteiger charge is 2.66. The molecule has 2 aromatic heterocycles. The maximum Gasteiger partial charge on any atom is 0.297 e. The Hall–Kier alpha value is -4.50. The Labute approximate surface area is 252 Å². The van der Waals surface area contributed by atoms with E-state index < -0.39 is 22.8 Å². The summed E-state index contributed by atoms with van der Waals surface area (Å²) in [4.78, 5) is 51.5. The molecule has 1 spiro atoms. The number of amides is 2. The summed E-state index contributed by atoms with van der Waals surface area (Å²) < 4.78 is 6.87. The van der Waals surface area contributed by atoms with Crippen LogP contribution in [0.3, 0.4) is 0 Å². The second-order valence-electron chi connectivity index (χ2n) is 10.1. The summed E-state index contributed by atoms with van der Waals surface area (Å²) >= 11 is 13.7. The molecule has 8 rings (SSSR count). The zero-order valence-corrected chi connectivity index (χ0v) is 23.8. The van der Waals surface area contributed by atoms with Crippen molar-refractivity contribution in [2.75, 3.05) is 9.80 Å². The predicted octanol–water partition coefficient (Wildman–Crippen LogP) is 7.16. The van der Waals surface area contributed by atoms with Gasteiger partial charge in [0.2, 0.25) is 5.76 Å². The van der Waals surface area contributed by atoms with Crippen molar-refractivity contribution in [2.24, 2.45) is 0 Å². The van der Waals surface area contributed by atoms with Crippen molar-refractivity contribution in [2.45, 2.75) is 12.1 Å². The first-order valence-corrected chi connectivity index (χ1v) is 14.6. The summed E-state index contributed by atoms with van der Waals surface area (Å²) in [6.45, 7) is 0.232. The highest BCUT2D eigenvalue weighted by molar-refractivity contribution is 7.22. The van der Waals surface area contributed by atoms with Crippen LogP contribution in [0.4, 0.5) is 10.8 Å². The Bertz CT molecular complexity index is 2200. The Kier molecular flexibility index (Phi) is 5.40. The first-order valence-electron chi connectivity index (χ1n) is 13.0. The largest absolute Gasteiger partial charge is 0.450 e. The summed E-state index contributed by atoms with van der Waals surface area (Å²) in [7, 11) is 0. The number of aromatic nitrogens is 1. The van der Waals surface area contributed by atoms with Crippen molar-refractivity contribution >= 4 is 78.4 Å². The Morgan fingerprint density at radius 1 is 0.857 bits per heavy atom. The molecule has 4 aromatic carbocycles. The molecule has 204 valence electrons. The molecule has 0 radical (unpaired) electrons. The molecule has 6 aromatic rings. The van der Waals surface area contributed by atoms with Crippen molar-refractivity contribution in [3.8, 4) is 0 Å². The molecule has 0 saturated carbocycles. The monoisotopic (exact) mass is 609 g/mol. The van der Waals surface area contributed by atoms with Crippen LogP contribution in [0.15, 0.2) is 100 Å². The molecule has 0 fully saturated rings. The van der Waals surface area contributed by atoms with Crippen LogP contribution >= 0.6 is 34.5 Å². The van der Waals surface area contributed by atoms with E-state index in [-0.39, 0.29) is 34.0 Å². The summed E-state index contributed by atoms with van der Waals surface area (Å²) in [5, 5.41) is 1.27. The molecule has 42 heavy (non-hydrogen) atoms. The first-order chi connectivity index (χ1) is 20.4. The molecule has 0 bridgehead atoms. The average Bonchev–Trinajstić information content (AvgIpc) is 3.60. The van der Waals surface area contributed by atoms with E-state index in [0.29, 0.717) is 26.8 Å². The zero-order valence-electron chi connectivity index (χ0n) is 21.5. The molecule has 0 aliphatic carbocycles. The third-order valence-corrected chi connectivity index (χ3v) is 9.27. The van der Waals surface area contributed by atoms with E-state index in [0.717, 1.165) is 10.3 Å². The number of thiazole rings is 1. The number of carbonyl (C=O) groups is 2. The van der Waals surface area contributed by atoms with E-state index >= 15 is 0 Å². The third kappa shape index (κ3) is 3.34. The number of para-hydroxylation sites is 1. The fourth-order valence-corrected chi connectivity index (χ4v) is 7.50. The molecule has 10 heteroatoms. The number of nitrogens with zero attached hydrogens (tertiary/aromatic N) is 3. The summed E-state index contributed by atoms with van der Waals surface area (Å²) in [5.41, 5.74) is 0.369. The highest BCUT2D eigenvalue weighted by atomic mass is 35.5. The minimum absolute atomic E-state index is 0.0485. The second kappa shape index (κ2) is 9.00. The fourth-order valence-electron chi connectivity index (χ4n) is 6.04. The van der Waals surface area contributed by atoms with E-state index in [4.69, 9.17) is 32.6 Å². The molecule has 2 aliphatic heterocycles. The van der Waals surface area contributed by atoms with E-state index in [2.05, 4.69) is 0 Å². The van der Waals surface area contributed by atoms with Gasteiger partial charge in [-0.25, -0.2) is 4.98 Å². The number of anilines is 2. The lowest BCUT2D eigenvalue weighted by atomic mass is 9.84. The first kappa shape index (κ1) is 25.2. The molecule has 1 atom stereocenters. The quantitative estimate of drug-likeness (QED) is 0.212. The van der Waals surface area contributed by atoms with E-state index in [1.807, 2.05) is 42.5 Å². The second-order valence-corrected chi connectivity index (χ2v) is 12.0. The smallest absolute Gasteiger partial charge is 0.297 e. The SMILES string of the molecule is O=C1c2oc3ccc(Cl)cc3c(=O)c2C2(C(=O)N(Cc3ccccc3)c3ccccc32)N1c1nc2ccc(Cl)cc2s1. The molecular weight excluding hydrogens is 593 g/mol. The number of carbonyl (C=O) groups excluding carboxylic acids is 2. The predicted molar refractivity (Wildman–Crippen MR) is 164 cm³/mol. The van der Waals surface area contributed by atoms with Crippen molar-refractivity contribution in [1.82, 2.24) is 4.98 Å². The van der Waals surface area contributed by atoms with Gasteiger partial charge in [-0.05, 0) is 48.0 Å². The van der Waals surface area contributed by atoms with Crippen LogP contribution in [0, 0.1) is 0 Å². The minimum atomic E-state index is -1.85. The number of hydrogen-bond acceptors (Lipinski definition) is 6. The summed E-state index contributed by atoms with van der Waals surface area (Å²) in [6, 6.07) is 26.6. The number of benzene rings is 4. The van der Waals surface area contributed by atoms with Gasteiger partial charge in [0.25, 0.3) is 11.8 Å². The van der Waals surface area contributed by atoms with E-state index in [9.17, 15) is 14.4 Å². The van der Waals surface area contributed by atoms with Crippen LogP contribution in [0.5, 0.6) is 0 Å². The molecule has 2 amide bonds. The van der Waals surface area contributed by atoms with Gasteiger partial charge in [0.1, 0.15) is 5.58 Å². The van der Waals surface area contributed by atoms with Gasteiger partial charge in [-0.3, -0.25) is 19.3 Å². The normalized spacial score (nSPS) is 17.6. The molecule has 7 nitrogen and oxygen atoms in total. The van der Waals surface area contributed by atoms with Crippen LogP contribution in [0.2, 0.25) is 10.0 Å². The lowest BCUT2D eigenvalue weighted by Crippen LogP contribution is -2.53. The topological polar surface area (TPSA) is 83.7 Å². The van der Waals surface area contributed by atoms with Gasteiger partial charge in [-0.2, -0.15) is 0 Å². The van der Waals surface area contributed by atoms with E-state index in [1.165, 1.54) is 22.3 Å². The maximum atomic E-state index is 15.0. The molecule has 1 unspecified atom stereocenters. The van der Waals surface area contributed by atoms with Gasteiger partial charge in [0, 0.05) is 15.6 Å². The molecular formula is C32H17Cl2N3O4S. The molecule has 2 aliphatic rings. The zero-order chi connectivity index (χ0) is 28.7. The standard InChI is InChI=1S/C32H17Cl2N3O4S/c33-18-11-13-24-20(14-18)27(38)26-28(41-24)29(39)37(31-35-22-12-10-19(34)15-25(22)42-31)32(26)21-8-4-5-9-23(21)36(30(32)40)16-17-6-2-1-3-7-17/h1-15H,16H2. The van der Waals surface area contributed by atoms with Crippen LogP contribution in [-0.2, 0) is 16.9 Å². The minimum Gasteiger partial charge on any atom is -0.450 e. The number of hydrogen-bond donors (Lipinski definition) is 0. The van der Waals surface area contributed by atoms with Crippen LogP contribution < -0.4 is 15.2 Å². The number of fused-ring (bicyclic) bond motifs is 6. The van der Waals surface area contributed by atoms with Crippen molar-refractivity contribution in [3.05, 3.63) is 134 Å². The van der Waals surface area contributed by atoms with E-state index in [1.54, 1.807) is 47.4 Å². The third-order valence-electron chi connectivity index (χ3n) is 7.80. The Morgan fingerprint density at radius 3 is 2.43 bits per heavy atom. The lowest BCUT2D eigenvalue weighted by molar-refractivity contribution is -0.121. The van der Waals surface area contributed by atoms with Gasteiger partial charge in [0.05, 0.1) is 33.4 Å². The van der Waals surface area contributed by atoms with Gasteiger partial charge >= 0.3 is 0 Å². The fraction of sp³-hybridized carbons (Fsp3) is 0.0625. The van der Waals surface area contributed by atoms with Gasteiger partial charge in [-0.15, -0.1) is 0 Å². The van der Waals surface area contributed by atoms with Crippen molar-refractivity contribution in [1.29, 1.82) is 0 Å². The Balaban J connectivity index is 1.47.